The van der Waals surface area contributed by atoms with Gasteiger partial charge in [-0.25, -0.2) is 0 Å². The molecule has 0 aromatic rings. The van der Waals surface area contributed by atoms with Gasteiger partial charge in [0.2, 0.25) is 11.8 Å². The highest BCUT2D eigenvalue weighted by Gasteiger charge is 2.33. The molecule has 1 saturated heterocycles. The molecule has 0 aliphatic carbocycles. The smallest absolute Gasteiger partial charge is 0.247 e. The summed E-state index contributed by atoms with van der Waals surface area (Å²) in [5.74, 6) is -0.0244. The van der Waals surface area contributed by atoms with Crippen molar-refractivity contribution in [2.75, 3.05) is 6.54 Å². The lowest BCUT2D eigenvalue weighted by Crippen LogP contribution is -2.45. The van der Waals surface area contributed by atoms with Crippen LogP contribution in [0, 0.1) is 0 Å². The van der Waals surface area contributed by atoms with Gasteiger partial charge in [0.15, 0.2) is 0 Å². The van der Waals surface area contributed by atoms with Crippen LogP contribution in [0.2, 0.25) is 0 Å². The van der Waals surface area contributed by atoms with Crippen molar-refractivity contribution in [2.45, 2.75) is 19.4 Å². The van der Waals surface area contributed by atoms with E-state index in [4.69, 9.17) is 0 Å². The fourth-order valence-corrected chi connectivity index (χ4v) is 1.64. The summed E-state index contributed by atoms with van der Waals surface area (Å²) < 4.78 is 0. The van der Waals surface area contributed by atoms with Crippen molar-refractivity contribution in [3.8, 4) is 0 Å². The Hall–Kier alpha value is -1.32. The average Bonchev–Trinajstić information content (AvgIpc) is 2.31. The number of rotatable bonds is 0. The van der Waals surface area contributed by atoms with Gasteiger partial charge in [-0.05, 0) is 12.5 Å². The van der Waals surface area contributed by atoms with Gasteiger partial charge in [0, 0.05) is 12.1 Å². The molecule has 0 spiro atoms. The Balaban J connectivity index is 2.32. The molecule has 2 aliphatic heterocycles. The van der Waals surface area contributed by atoms with Gasteiger partial charge in [0.25, 0.3) is 0 Å². The topological polar surface area (TPSA) is 58.2 Å². The lowest BCUT2D eigenvalue weighted by molar-refractivity contribution is -0.121. The van der Waals surface area contributed by atoms with E-state index in [-0.39, 0.29) is 17.9 Å². The molecule has 2 amide bonds. The number of carbonyl (C=O) groups is 2. The van der Waals surface area contributed by atoms with Gasteiger partial charge in [0.05, 0.1) is 12.5 Å². The van der Waals surface area contributed by atoms with E-state index in [1.807, 2.05) is 0 Å². The first-order valence-electron chi connectivity index (χ1n) is 3.95. The van der Waals surface area contributed by atoms with Gasteiger partial charge >= 0.3 is 0 Å². The Labute approximate surface area is 70.0 Å². The molecular formula is C8H10N2O2. The molecule has 2 heterocycles. The van der Waals surface area contributed by atoms with E-state index in [1.54, 1.807) is 6.92 Å². The van der Waals surface area contributed by atoms with Gasteiger partial charge in [0.1, 0.15) is 0 Å². The summed E-state index contributed by atoms with van der Waals surface area (Å²) >= 11 is 0. The van der Waals surface area contributed by atoms with E-state index in [0.717, 1.165) is 11.1 Å². The highest BCUT2D eigenvalue weighted by Crippen LogP contribution is 2.22. The van der Waals surface area contributed by atoms with Gasteiger partial charge in [-0.2, -0.15) is 0 Å². The highest BCUT2D eigenvalue weighted by atomic mass is 16.2. The van der Waals surface area contributed by atoms with Crippen molar-refractivity contribution in [1.82, 2.24) is 10.6 Å². The number of hydrogen-bond acceptors (Lipinski definition) is 2. The van der Waals surface area contributed by atoms with E-state index in [2.05, 4.69) is 10.6 Å². The van der Waals surface area contributed by atoms with Crippen LogP contribution in [0.1, 0.15) is 13.3 Å². The number of amides is 2. The van der Waals surface area contributed by atoms with Crippen molar-refractivity contribution in [1.29, 1.82) is 0 Å². The zero-order chi connectivity index (χ0) is 8.72. The van der Waals surface area contributed by atoms with E-state index in [0.29, 0.717) is 13.0 Å². The Morgan fingerprint density at radius 1 is 1.42 bits per heavy atom. The average molecular weight is 166 g/mol. The molecular weight excluding hydrogens is 156 g/mol. The third-order valence-electron chi connectivity index (χ3n) is 2.40. The molecule has 0 aromatic carbocycles. The van der Waals surface area contributed by atoms with Crippen LogP contribution in [0.3, 0.4) is 0 Å². The van der Waals surface area contributed by atoms with Gasteiger partial charge in [-0.1, -0.05) is 0 Å². The van der Waals surface area contributed by atoms with E-state index in [9.17, 15) is 9.59 Å². The molecule has 64 valence electrons. The third-order valence-corrected chi connectivity index (χ3v) is 2.40. The van der Waals surface area contributed by atoms with Crippen LogP contribution in [-0.4, -0.2) is 24.4 Å². The van der Waals surface area contributed by atoms with Crippen LogP contribution in [0.25, 0.3) is 0 Å². The predicted octanol–water partition coefficient (Wildman–Crippen LogP) is -0.679. The van der Waals surface area contributed by atoms with E-state index in [1.165, 1.54) is 0 Å². The second-order valence-corrected chi connectivity index (χ2v) is 3.16. The molecule has 2 N–H and O–H groups in total. The zero-order valence-corrected chi connectivity index (χ0v) is 6.81. The zero-order valence-electron chi connectivity index (χ0n) is 6.81. The maximum atomic E-state index is 11.1. The van der Waals surface area contributed by atoms with Crippen LogP contribution < -0.4 is 10.6 Å². The predicted molar refractivity (Wildman–Crippen MR) is 42.3 cm³/mol. The molecule has 12 heavy (non-hydrogen) atoms. The Bertz CT molecular complexity index is 293. The summed E-state index contributed by atoms with van der Waals surface area (Å²) in [5, 5.41) is 5.51. The van der Waals surface area contributed by atoms with Gasteiger partial charge in [-0.15, -0.1) is 0 Å². The molecule has 0 bridgehead atoms. The van der Waals surface area contributed by atoms with Crippen LogP contribution in [0.4, 0.5) is 0 Å². The fourth-order valence-electron chi connectivity index (χ4n) is 1.64. The largest absolute Gasteiger partial charge is 0.353 e. The number of piperidine rings is 1. The summed E-state index contributed by atoms with van der Waals surface area (Å²) in [7, 11) is 0. The second-order valence-electron chi connectivity index (χ2n) is 3.16. The second kappa shape index (κ2) is 2.33. The van der Waals surface area contributed by atoms with Gasteiger partial charge in [-0.3, -0.25) is 9.59 Å². The number of carbonyl (C=O) groups excluding carboxylic acids is 2. The van der Waals surface area contributed by atoms with Crippen molar-refractivity contribution >= 4 is 11.8 Å². The summed E-state index contributed by atoms with van der Waals surface area (Å²) in [6.45, 7) is 2.31. The first-order valence-corrected chi connectivity index (χ1v) is 3.95. The number of nitrogens with one attached hydrogen (secondary N) is 2. The molecule has 1 unspecified atom stereocenters. The summed E-state index contributed by atoms with van der Waals surface area (Å²) in [6, 6.07) is 0.0511. The lowest BCUT2D eigenvalue weighted by Gasteiger charge is -2.21. The molecule has 1 fully saturated rings. The molecule has 4 nitrogen and oxygen atoms in total. The van der Waals surface area contributed by atoms with Crippen molar-refractivity contribution in [3.63, 3.8) is 0 Å². The standard InChI is InChI=1S/C8H10N2O2/c1-4-5-2-7(11)9-3-6(5)10-8(4)12/h6H,2-3H2,1H3,(H,9,11)(H,10,12). The number of fused-ring (bicyclic) bond motifs is 1. The highest BCUT2D eigenvalue weighted by molar-refractivity contribution is 5.99. The monoisotopic (exact) mass is 166 g/mol. The molecule has 4 heteroatoms. The molecule has 0 saturated carbocycles. The molecule has 0 aromatic heterocycles. The number of hydrogen-bond donors (Lipinski definition) is 2. The Kier molecular flexibility index (Phi) is 1.43. The van der Waals surface area contributed by atoms with Crippen LogP contribution >= 0.6 is 0 Å². The quantitative estimate of drug-likeness (QED) is 0.501. The van der Waals surface area contributed by atoms with Crippen LogP contribution in [-0.2, 0) is 9.59 Å². The van der Waals surface area contributed by atoms with Gasteiger partial charge < -0.3 is 10.6 Å². The first-order chi connectivity index (χ1) is 5.68. The summed E-state index contributed by atoms with van der Waals surface area (Å²) in [4.78, 5) is 22.1. The Morgan fingerprint density at radius 3 is 2.92 bits per heavy atom. The molecule has 2 rings (SSSR count). The lowest BCUT2D eigenvalue weighted by atomic mass is 9.99. The van der Waals surface area contributed by atoms with Crippen molar-refractivity contribution in [2.24, 2.45) is 0 Å². The van der Waals surface area contributed by atoms with Crippen molar-refractivity contribution in [3.05, 3.63) is 11.1 Å². The maximum absolute atomic E-state index is 11.1. The SMILES string of the molecule is CC1=C2CC(=O)NCC2NC1=O. The first kappa shape index (κ1) is 7.34. The van der Waals surface area contributed by atoms with E-state index >= 15 is 0 Å². The molecule has 0 radical (unpaired) electrons. The third kappa shape index (κ3) is 0.913. The molecule has 2 aliphatic rings. The summed E-state index contributed by atoms with van der Waals surface area (Å²) in [5.41, 5.74) is 1.68. The fraction of sp³-hybridized carbons (Fsp3) is 0.500. The normalized spacial score (nSPS) is 28.2. The minimum atomic E-state index is -0.0356. The maximum Gasteiger partial charge on any atom is 0.247 e. The molecule has 1 atom stereocenters. The van der Waals surface area contributed by atoms with Crippen LogP contribution in [0.5, 0.6) is 0 Å². The van der Waals surface area contributed by atoms with Crippen LogP contribution in [0.15, 0.2) is 11.1 Å². The van der Waals surface area contributed by atoms with E-state index < -0.39 is 0 Å². The minimum absolute atomic E-state index is 0.0112. The van der Waals surface area contributed by atoms with Crippen molar-refractivity contribution < 1.29 is 9.59 Å². The minimum Gasteiger partial charge on any atom is -0.353 e. The Morgan fingerprint density at radius 2 is 2.17 bits per heavy atom. The summed E-state index contributed by atoms with van der Waals surface area (Å²) in [6.07, 6.45) is 0.370.